The lowest BCUT2D eigenvalue weighted by Gasteiger charge is -2.22. The molecule has 3 rings (SSSR count). The van der Waals surface area contributed by atoms with Gasteiger partial charge in [-0.25, -0.2) is 5.43 Å². The van der Waals surface area contributed by atoms with Gasteiger partial charge >= 0.3 is 0 Å². The number of phenols is 1. The molecule has 3 N–H and O–H groups in total. The van der Waals surface area contributed by atoms with Gasteiger partial charge in [-0.1, -0.05) is 49.6 Å². The molecule has 0 radical (unpaired) electrons. The Morgan fingerprint density at radius 2 is 1.96 bits per heavy atom. The third kappa shape index (κ3) is 4.11. The van der Waals surface area contributed by atoms with Crippen molar-refractivity contribution in [2.45, 2.75) is 38.1 Å². The standard InChI is InChI=1S/C19H23N3O2/c23-18-11-10-14-6-4-5-9-16(14)17(18)12-21-22-19(24)13-20-15-7-2-1-3-8-15/h4-6,9-12,15,20,23H,1-3,7-8,13H2,(H,22,24)/b21-12-. The first-order chi connectivity index (χ1) is 11.7. The zero-order valence-corrected chi connectivity index (χ0v) is 13.7. The highest BCUT2D eigenvalue weighted by atomic mass is 16.3. The van der Waals surface area contributed by atoms with E-state index in [0.717, 1.165) is 23.6 Å². The minimum Gasteiger partial charge on any atom is -0.507 e. The first kappa shape index (κ1) is 16.5. The van der Waals surface area contributed by atoms with E-state index in [1.807, 2.05) is 30.3 Å². The van der Waals surface area contributed by atoms with Crippen molar-refractivity contribution in [3.05, 3.63) is 42.0 Å². The van der Waals surface area contributed by atoms with Crippen molar-refractivity contribution in [1.82, 2.24) is 10.7 Å². The number of amides is 1. The van der Waals surface area contributed by atoms with Gasteiger partial charge in [0.2, 0.25) is 0 Å². The first-order valence-electron chi connectivity index (χ1n) is 8.50. The van der Waals surface area contributed by atoms with Crippen LogP contribution in [0.25, 0.3) is 10.8 Å². The number of rotatable bonds is 5. The molecule has 0 atom stereocenters. The van der Waals surface area contributed by atoms with Crippen molar-refractivity contribution < 1.29 is 9.90 Å². The van der Waals surface area contributed by atoms with Crippen LogP contribution in [-0.2, 0) is 4.79 Å². The van der Waals surface area contributed by atoms with Crippen LogP contribution in [0.15, 0.2) is 41.5 Å². The van der Waals surface area contributed by atoms with Gasteiger partial charge in [0, 0.05) is 11.6 Å². The molecule has 0 aliphatic heterocycles. The predicted octanol–water partition coefficient (Wildman–Crippen LogP) is 2.92. The van der Waals surface area contributed by atoms with E-state index in [-0.39, 0.29) is 18.2 Å². The van der Waals surface area contributed by atoms with Gasteiger partial charge in [0.1, 0.15) is 5.75 Å². The average molecular weight is 325 g/mol. The number of nitrogens with zero attached hydrogens (tertiary/aromatic N) is 1. The number of aromatic hydroxyl groups is 1. The van der Waals surface area contributed by atoms with Crippen molar-refractivity contribution in [1.29, 1.82) is 0 Å². The van der Waals surface area contributed by atoms with Crippen molar-refractivity contribution in [2.24, 2.45) is 5.10 Å². The quantitative estimate of drug-likeness (QED) is 0.584. The third-order valence-corrected chi connectivity index (χ3v) is 4.49. The lowest BCUT2D eigenvalue weighted by Crippen LogP contribution is -2.38. The van der Waals surface area contributed by atoms with Crippen LogP contribution in [0.1, 0.15) is 37.7 Å². The van der Waals surface area contributed by atoms with Gasteiger partial charge in [0.15, 0.2) is 0 Å². The largest absolute Gasteiger partial charge is 0.507 e. The number of nitrogens with one attached hydrogen (secondary N) is 2. The Bertz CT molecular complexity index is 736. The number of carbonyl (C=O) groups excluding carboxylic acids is 1. The van der Waals surface area contributed by atoms with Crippen molar-refractivity contribution in [2.75, 3.05) is 6.54 Å². The molecule has 0 aromatic heterocycles. The van der Waals surface area contributed by atoms with Crippen LogP contribution in [-0.4, -0.2) is 29.8 Å². The zero-order valence-electron chi connectivity index (χ0n) is 13.7. The molecule has 24 heavy (non-hydrogen) atoms. The highest BCUT2D eigenvalue weighted by molar-refractivity contribution is 6.02. The van der Waals surface area contributed by atoms with E-state index in [4.69, 9.17) is 0 Å². The minimum atomic E-state index is -0.170. The molecule has 0 heterocycles. The molecule has 5 nitrogen and oxygen atoms in total. The lowest BCUT2D eigenvalue weighted by molar-refractivity contribution is -0.120. The van der Waals surface area contributed by atoms with E-state index in [1.165, 1.54) is 25.5 Å². The molecule has 1 aliphatic rings. The molecule has 0 unspecified atom stereocenters. The fourth-order valence-corrected chi connectivity index (χ4v) is 3.17. The summed E-state index contributed by atoms with van der Waals surface area (Å²) in [6.45, 7) is 0.267. The van der Waals surface area contributed by atoms with E-state index in [1.54, 1.807) is 6.07 Å². The number of fused-ring (bicyclic) bond motifs is 1. The van der Waals surface area contributed by atoms with E-state index in [0.29, 0.717) is 11.6 Å². The van der Waals surface area contributed by atoms with Gasteiger partial charge in [0.05, 0.1) is 12.8 Å². The number of hydrazone groups is 1. The number of hydrogen-bond donors (Lipinski definition) is 3. The highest BCUT2D eigenvalue weighted by Gasteiger charge is 2.13. The maximum atomic E-state index is 11.9. The number of hydrogen-bond acceptors (Lipinski definition) is 4. The summed E-state index contributed by atoms with van der Waals surface area (Å²) in [5.41, 5.74) is 3.12. The second-order valence-corrected chi connectivity index (χ2v) is 6.23. The Labute approximate surface area is 141 Å². The molecule has 0 spiro atoms. The van der Waals surface area contributed by atoms with Gasteiger partial charge in [-0.05, 0) is 29.7 Å². The van der Waals surface area contributed by atoms with E-state index in [2.05, 4.69) is 15.8 Å². The van der Waals surface area contributed by atoms with Gasteiger partial charge in [-0.3, -0.25) is 4.79 Å². The van der Waals surface area contributed by atoms with Crippen LogP contribution in [0.2, 0.25) is 0 Å². The summed E-state index contributed by atoms with van der Waals surface area (Å²) in [5.74, 6) is -0.0245. The third-order valence-electron chi connectivity index (χ3n) is 4.49. The summed E-state index contributed by atoms with van der Waals surface area (Å²) >= 11 is 0. The van der Waals surface area contributed by atoms with Gasteiger partial charge in [-0.2, -0.15) is 5.10 Å². The molecule has 5 heteroatoms. The fourth-order valence-electron chi connectivity index (χ4n) is 3.17. The zero-order chi connectivity index (χ0) is 16.8. The lowest BCUT2D eigenvalue weighted by atomic mass is 9.95. The second kappa shape index (κ2) is 7.93. The SMILES string of the molecule is O=C(CNC1CCCCC1)N/N=C\c1c(O)ccc2ccccc12. The average Bonchev–Trinajstić information content (AvgIpc) is 2.63. The van der Waals surface area contributed by atoms with Crippen LogP contribution in [0, 0.1) is 0 Å². The smallest absolute Gasteiger partial charge is 0.254 e. The molecule has 1 amide bonds. The summed E-state index contributed by atoms with van der Waals surface area (Å²) in [4.78, 5) is 11.9. The predicted molar refractivity (Wildman–Crippen MR) is 96.2 cm³/mol. The number of benzene rings is 2. The van der Waals surface area contributed by atoms with Crippen molar-refractivity contribution >= 4 is 22.9 Å². The Morgan fingerprint density at radius 1 is 1.17 bits per heavy atom. The maximum absolute atomic E-state index is 11.9. The van der Waals surface area contributed by atoms with Crippen LogP contribution in [0.5, 0.6) is 5.75 Å². The summed E-state index contributed by atoms with van der Waals surface area (Å²) in [5, 5.41) is 19.2. The minimum absolute atomic E-state index is 0.145. The highest BCUT2D eigenvalue weighted by Crippen LogP contribution is 2.25. The normalized spacial score (nSPS) is 15.8. The maximum Gasteiger partial charge on any atom is 0.254 e. The molecule has 0 bridgehead atoms. The molecule has 126 valence electrons. The molecule has 2 aromatic carbocycles. The van der Waals surface area contributed by atoms with Crippen LogP contribution in [0.4, 0.5) is 0 Å². The number of phenolic OH excluding ortho intramolecular Hbond substituents is 1. The molecule has 0 saturated heterocycles. The van der Waals surface area contributed by atoms with Crippen molar-refractivity contribution in [3.63, 3.8) is 0 Å². The monoisotopic (exact) mass is 325 g/mol. The van der Waals surface area contributed by atoms with Gasteiger partial charge in [0.25, 0.3) is 5.91 Å². The Morgan fingerprint density at radius 3 is 2.79 bits per heavy atom. The molecule has 1 fully saturated rings. The van der Waals surface area contributed by atoms with E-state index < -0.39 is 0 Å². The summed E-state index contributed by atoms with van der Waals surface area (Å²) in [6, 6.07) is 11.7. The summed E-state index contributed by atoms with van der Waals surface area (Å²) in [6.07, 6.45) is 7.54. The molecule has 1 aliphatic carbocycles. The molecular weight excluding hydrogens is 302 g/mol. The first-order valence-corrected chi connectivity index (χ1v) is 8.50. The van der Waals surface area contributed by atoms with E-state index >= 15 is 0 Å². The van der Waals surface area contributed by atoms with Gasteiger partial charge < -0.3 is 10.4 Å². The Hall–Kier alpha value is -2.40. The summed E-state index contributed by atoms with van der Waals surface area (Å²) < 4.78 is 0. The molecular formula is C19H23N3O2. The summed E-state index contributed by atoms with van der Waals surface area (Å²) in [7, 11) is 0. The molecule has 2 aromatic rings. The van der Waals surface area contributed by atoms with Crippen molar-refractivity contribution in [3.8, 4) is 5.75 Å². The molecule has 1 saturated carbocycles. The Kier molecular flexibility index (Phi) is 5.43. The second-order valence-electron chi connectivity index (χ2n) is 6.23. The van der Waals surface area contributed by atoms with Crippen LogP contribution < -0.4 is 10.7 Å². The van der Waals surface area contributed by atoms with Crippen LogP contribution in [0.3, 0.4) is 0 Å². The van der Waals surface area contributed by atoms with E-state index in [9.17, 15) is 9.90 Å². The van der Waals surface area contributed by atoms with Gasteiger partial charge in [-0.15, -0.1) is 0 Å². The van der Waals surface area contributed by atoms with Crippen LogP contribution >= 0.6 is 0 Å². The number of carbonyl (C=O) groups is 1. The Balaban J connectivity index is 1.58. The fraction of sp³-hybridized carbons (Fsp3) is 0.368. The topological polar surface area (TPSA) is 73.7 Å².